The Bertz CT molecular complexity index is 137. The quantitative estimate of drug-likeness (QED) is 0.567. The van der Waals surface area contributed by atoms with Gasteiger partial charge in [-0.1, -0.05) is 13.8 Å². The number of carbonyl (C=O) groups excluding carboxylic acids is 1. The zero-order chi connectivity index (χ0) is 10.1. The summed E-state index contributed by atoms with van der Waals surface area (Å²) in [4.78, 5) is 13.1. The van der Waals surface area contributed by atoms with Crippen molar-refractivity contribution in [1.82, 2.24) is 4.90 Å². The second-order valence-corrected chi connectivity index (χ2v) is 2.94. The van der Waals surface area contributed by atoms with Crippen LogP contribution in [0.5, 0.6) is 0 Å². The van der Waals surface area contributed by atoms with Gasteiger partial charge in [-0.05, 0) is 13.3 Å². The number of rotatable bonds is 7. The monoisotopic (exact) mass is 187 g/mol. The van der Waals surface area contributed by atoms with Crippen molar-refractivity contribution in [2.24, 2.45) is 0 Å². The molecule has 0 aromatic rings. The zero-order valence-corrected chi connectivity index (χ0v) is 9.01. The molecular formula is C10H21NO2. The number of amides is 1. The summed E-state index contributed by atoms with van der Waals surface area (Å²) in [6.45, 7) is 8.91. The highest BCUT2D eigenvalue weighted by atomic mass is 16.5. The van der Waals surface area contributed by atoms with Gasteiger partial charge in [0.15, 0.2) is 0 Å². The third-order valence-electron chi connectivity index (χ3n) is 1.89. The van der Waals surface area contributed by atoms with Crippen molar-refractivity contribution in [3.05, 3.63) is 0 Å². The molecule has 0 saturated carbocycles. The third kappa shape index (κ3) is 5.64. The second-order valence-electron chi connectivity index (χ2n) is 2.94. The largest absolute Gasteiger partial charge is 0.380 e. The van der Waals surface area contributed by atoms with E-state index in [4.69, 9.17) is 4.74 Å². The van der Waals surface area contributed by atoms with E-state index in [0.717, 1.165) is 26.1 Å². The zero-order valence-electron chi connectivity index (χ0n) is 9.01. The average molecular weight is 187 g/mol. The number of likely N-dealkylation sites (N-methyl/N-ethyl adjacent to an activating group) is 1. The van der Waals surface area contributed by atoms with E-state index in [1.807, 2.05) is 18.7 Å². The molecule has 0 saturated heterocycles. The van der Waals surface area contributed by atoms with E-state index < -0.39 is 0 Å². The molecule has 0 bridgehead atoms. The molecule has 0 aromatic heterocycles. The van der Waals surface area contributed by atoms with E-state index >= 15 is 0 Å². The molecule has 0 rings (SSSR count). The van der Waals surface area contributed by atoms with Gasteiger partial charge in [-0.25, -0.2) is 0 Å². The Kier molecular flexibility index (Phi) is 7.69. The fourth-order valence-corrected chi connectivity index (χ4v) is 1.10. The number of hydrogen-bond acceptors (Lipinski definition) is 2. The van der Waals surface area contributed by atoms with Crippen molar-refractivity contribution in [3.8, 4) is 0 Å². The molecule has 1 amide bonds. The molecule has 0 heterocycles. The minimum Gasteiger partial charge on any atom is -0.380 e. The van der Waals surface area contributed by atoms with Gasteiger partial charge in [-0.15, -0.1) is 0 Å². The van der Waals surface area contributed by atoms with Gasteiger partial charge in [0.25, 0.3) is 0 Å². The van der Waals surface area contributed by atoms with Crippen molar-refractivity contribution in [2.75, 3.05) is 26.3 Å². The Morgan fingerprint density at radius 1 is 1.23 bits per heavy atom. The Balaban J connectivity index is 3.53. The Labute approximate surface area is 81.1 Å². The third-order valence-corrected chi connectivity index (χ3v) is 1.89. The molecule has 0 fully saturated rings. The molecule has 0 unspecified atom stereocenters. The molecule has 0 radical (unpaired) electrons. The SMILES string of the molecule is CCCOCCN(CC)C(=O)CC. The summed E-state index contributed by atoms with van der Waals surface area (Å²) in [5.41, 5.74) is 0. The number of nitrogens with zero attached hydrogens (tertiary/aromatic N) is 1. The minimum absolute atomic E-state index is 0.211. The molecule has 0 atom stereocenters. The molecule has 3 heteroatoms. The standard InChI is InChI=1S/C10H21NO2/c1-4-8-13-9-7-11(6-3)10(12)5-2/h4-9H2,1-3H3. The molecule has 0 spiro atoms. The highest BCUT2D eigenvalue weighted by Gasteiger charge is 2.07. The summed E-state index contributed by atoms with van der Waals surface area (Å²) in [7, 11) is 0. The lowest BCUT2D eigenvalue weighted by atomic mass is 10.4. The van der Waals surface area contributed by atoms with Crippen LogP contribution in [0.1, 0.15) is 33.6 Å². The maximum Gasteiger partial charge on any atom is 0.222 e. The van der Waals surface area contributed by atoms with Crippen LogP contribution in [0, 0.1) is 0 Å². The van der Waals surface area contributed by atoms with Gasteiger partial charge in [0.05, 0.1) is 6.61 Å². The van der Waals surface area contributed by atoms with Crippen molar-refractivity contribution < 1.29 is 9.53 Å². The molecule has 3 nitrogen and oxygen atoms in total. The summed E-state index contributed by atoms with van der Waals surface area (Å²) < 4.78 is 5.32. The van der Waals surface area contributed by atoms with Crippen LogP contribution >= 0.6 is 0 Å². The molecule has 0 N–H and O–H groups in total. The average Bonchev–Trinajstić information content (AvgIpc) is 2.17. The van der Waals surface area contributed by atoms with Gasteiger partial charge >= 0.3 is 0 Å². The molecule has 78 valence electrons. The molecule has 13 heavy (non-hydrogen) atoms. The fraction of sp³-hybridized carbons (Fsp3) is 0.900. The van der Waals surface area contributed by atoms with Crippen molar-refractivity contribution in [3.63, 3.8) is 0 Å². The lowest BCUT2D eigenvalue weighted by molar-refractivity contribution is -0.131. The van der Waals surface area contributed by atoms with E-state index in [2.05, 4.69) is 6.92 Å². The van der Waals surface area contributed by atoms with Gasteiger partial charge < -0.3 is 9.64 Å². The summed E-state index contributed by atoms with van der Waals surface area (Å²) in [5.74, 6) is 0.211. The van der Waals surface area contributed by atoms with Crippen LogP contribution < -0.4 is 0 Å². The highest BCUT2D eigenvalue weighted by Crippen LogP contribution is 1.93. The first-order valence-electron chi connectivity index (χ1n) is 5.11. The van der Waals surface area contributed by atoms with Crippen LogP contribution in [0.3, 0.4) is 0 Å². The van der Waals surface area contributed by atoms with E-state index in [0.29, 0.717) is 13.0 Å². The van der Waals surface area contributed by atoms with E-state index in [9.17, 15) is 4.79 Å². The van der Waals surface area contributed by atoms with Crippen LogP contribution in [0.4, 0.5) is 0 Å². The van der Waals surface area contributed by atoms with Crippen LogP contribution in [-0.4, -0.2) is 37.1 Å². The van der Waals surface area contributed by atoms with Gasteiger partial charge in [-0.3, -0.25) is 4.79 Å². The van der Waals surface area contributed by atoms with Gasteiger partial charge in [0.1, 0.15) is 0 Å². The number of carbonyl (C=O) groups is 1. The number of hydrogen-bond donors (Lipinski definition) is 0. The van der Waals surface area contributed by atoms with Crippen molar-refractivity contribution in [2.45, 2.75) is 33.6 Å². The Morgan fingerprint density at radius 2 is 1.92 bits per heavy atom. The molecular weight excluding hydrogens is 166 g/mol. The van der Waals surface area contributed by atoms with E-state index in [1.165, 1.54) is 0 Å². The highest BCUT2D eigenvalue weighted by molar-refractivity contribution is 5.75. The first-order valence-corrected chi connectivity index (χ1v) is 5.11. The van der Waals surface area contributed by atoms with Gasteiger partial charge in [-0.2, -0.15) is 0 Å². The van der Waals surface area contributed by atoms with E-state index in [-0.39, 0.29) is 5.91 Å². The molecule has 0 aliphatic carbocycles. The maximum absolute atomic E-state index is 11.3. The van der Waals surface area contributed by atoms with E-state index in [1.54, 1.807) is 0 Å². The Morgan fingerprint density at radius 3 is 2.38 bits per heavy atom. The van der Waals surface area contributed by atoms with Gasteiger partial charge in [0.2, 0.25) is 5.91 Å². The first kappa shape index (κ1) is 12.4. The van der Waals surface area contributed by atoms with Crippen LogP contribution in [-0.2, 0) is 9.53 Å². The van der Waals surface area contributed by atoms with Crippen molar-refractivity contribution in [1.29, 1.82) is 0 Å². The predicted octanol–water partition coefficient (Wildman–Crippen LogP) is 1.67. The number of ether oxygens (including phenoxy) is 1. The predicted molar refractivity (Wildman–Crippen MR) is 53.7 cm³/mol. The summed E-state index contributed by atoms with van der Waals surface area (Å²) >= 11 is 0. The molecule has 0 aliphatic rings. The Hall–Kier alpha value is -0.570. The van der Waals surface area contributed by atoms with Crippen molar-refractivity contribution >= 4 is 5.91 Å². The van der Waals surface area contributed by atoms with Crippen LogP contribution in [0.2, 0.25) is 0 Å². The molecule has 0 aliphatic heterocycles. The summed E-state index contributed by atoms with van der Waals surface area (Å²) in [6.07, 6.45) is 1.62. The minimum atomic E-state index is 0.211. The summed E-state index contributed by atoms with van der Waals surface area (Å²) in [5, 5.41) is 0. The van der Waals surface area contributed by atoms with Crippen LogP contribution in [0.15, 0.2) is 0 Å². The second kappa shape index (κ2) is 8.05. The smallest absolute Gasteiger partial charge is 0.222 e. The topological polar surface area (TPSA) is 29.5 Å². The lowest BCUT2D eigenvalue weighted by Gasteiger charge is -2.19. The lowest BCUT2D eigenvalue weighted by Crippen LogP contribution is -2.33. The first-order chi connectivity index (χ1) is 6.26. The molecule has 0 aromatic carbocycles. The fourth-order valence-electron chi connectivity index (χ4n) is 1.10. The normalized spacial score (nSPS) is 10.1. The van der Waals surface area contributed by atoms with Gasteiger partial charge in [0, 0.05) is 26.1 Å². The maximum atomic E-state index is 11.3. The van der Waals surface area contributed by atoms with Crippen LogP contribution in [0.25, 0.3) is 0 Å². The summed E-state index contributed by atoms with van der Waals surface area (Å²) in [6, 6.07) is 0.